The third-order valence-electron chi connectivity index (χ3n) is 7.42. The highest BCUT2D eigenvalue weighted by Gasteiger charge is 2.36. The van der Waals surface area contributed by atoms with Gasteiger partial charge in [0.15, 0.2) is 0 Å². The number of aromatic nitrogens is 3. The number of pyridine rings is 1. The number of aliphatic hydroxyl groups is 1. The number of aromatic amines is 1. The molecule has 2 N–H and O–H groups in total. The summed E-state index contributed by atoms with van der Waals surface area (Å²) in [5.41, 5.74) is 5.77. The van der Waals surface area contributed by atoms with Gasteiger partial charge in [0.2, 0.25) is 0 Å². The Balaban J connectivity index is 1.44. The number of aliphatic hydroxyl groups excluding tert-OH is 1. The van der Waals surface area contributed by atoms with Crippen molar-refractivity contribution in [3.8, 4) is 0 Å². The van der Waals surface area contributed by atoms with E-state index in [9.17, 15) is 9.90 Å². The normalized spacial score (nSPS) is 18.7. The number of piperidine rings is 1. The molecule has 1 amide bonds. The van der Waals surface area contributed by atoms with Crippen LogP contribution in [-0.4, -0.2) is 49.7 Å². The third-order valence-corrected chi connectivity index (χ3v) is 7.66. The standard InChI is InChI=1S/C30H35ClN4O3/c1-30(2,3)38-29(37)35-13-10-19(11-14-35)27-23-8-7-22(31)16-21(23)15-20(24-5-4-12-33-28(24)27)6-9-26(36)25-17-32-18-34-25/h4-5,7-8,12,15-19,26-27,36H,6,9-11,13-14H2,1-3H3,(H,32,34). The van der Waals surface area contributed by atoms with Gasteiger partial charge in [-0.15, -0.1) is 0 Å². The monoisotopic (exact) mass is 534 g/mol. The molecule has 2 atom stereocenters. The first kappa shape index (κ1) is 26.4. The molecule has 7 nitrogen and oxygen atoms in total. The molecule has 2 aromatic heterocycles. The molecular formula is C30H35ClN4O3. The Morgan fingerprint density at radius 1 is 1.26 bits per heavy atom. The number of fused-ring (bicyclic) bond motifs is 2. The minimum absolute atomic E-state index is 0.0746. The van der Waals surface area contributed by atoms with Gasteiger partial charge in [0, 0.05) is 30.2 Å². The minimum Gasteiger partial charge on any atom is -0.444 e. The van der Waals surface area contributed by atoms with Crippen LogP contribution in [0, 0.1) is 5.92 Å². The van der Waals surface area contributed by atoms with Crippen LogP contribution < -0.4 is 0 Å². The van der Waals surface area contributed by atoms with Gasteiger partial charge >= 0.3 is 6.09 Å². The van der Waals surface area contributed by atoms with Crippen molar-refractivity contribution in [1.29, 1.82) is 0 Å². The van der Waals surface area contributed by atoms with Crippen molar-refractivity contribution in [2.24, 2.45) is 5.92 Å². The van der Waals surface area contributed by atoms with Crippen molar-refractivity contribution < 1.29 is 14.6 Å². The number of H-pyrrole nitrogens is 1. The molecule has 3 aromatic rings. The second-order valence-corrected chi connectivity index (χ2v) is 11.7. The summed E-state index contributed by atoms with van der Waals surface area (Å²) in [6.45, 7) is 6.99. The molecule has 1 fully saturated rings. The summed E-state index contributed by atoms with van der Waals surface area (Å²) in [6.07, 6.45) is 9.38. The predicted octanol–water partition coefficient (Wildman–Crippen LogP) is 6.60. The summed E-state index contributed by atoms with van der Waals surface area (Å²) >= 11 is 6.47. The SMILES string of the molecule is CC(C)(C)OC(=O)N1CCC(C2c3ccc(Cl)cc3C=C(CCC(O)c3cnc[nH]3)c3cccnc32)CC1. The van der Waals surface area contributed by atoms with Crippen LogP contribution in [0.25, 0.3) is 11.6 Å². The zero-order chi connectivity index (χ0) is 26.9. The molecule has 2 aliphatic rings. The van der Waals surface area contributed by atoms with E-state index in [1.54, 1.807) is 12.5 Å². The molecule has 1 aliphatic heterocycles. The van der Waals surface area contributed by atoms with Gasteiger partial charge in [-0.25, -0.2) is 9.78 Å². The number of hydrogen-bond donors (Lipinski definition) is 2. The Hall–Kier alpha value is -3.16. The lowest BCUT2D eigenvalue weighted by Gasteiger charge is -2.37. The Kier molecular flexibility index (Phi) is 7.59. The summed E-state index contributed by atoms with van der Waals surface area (Å²) in [7, 11) is 0. The van der Waals surface area contributed by atoms with Gasteiger partial charge in [-0.05, 0) is 92.8 Å². The molecule has 38 heavy (non-hydrogen) atoms. The highest BCUT2D eigenvalue weighted by atomic mass is 35.5. The molecule has 1 saturated heterocycles. The number of likely N-dealkylation sites (tertiary alicyclic amines) is 1. The van der Waals surface area contributed by atoms with Crippen LogP contribution in [-0.2, 0) is 4.74 Å². The van der Waals surface area contributed by atoms with Gasteiger partial charge in [0.05, 0.1) is 30.0 Å². The number of halogens is 1. The Morgan fingerprint density at radius 3 is 2.76 bits per heavy atom. The number of carbonyl (C=O) groups is 1. The van der Waals surface area contributed by atoms with E-state index in [0.717, 1.165) is 35.2 Å². The van der Waals surface area contributed by atoms with Crippen molar-refractivity contribution in [3.05, 3.63) is 82.2 Å². The number of hydrogen-bond acceptors (Lipinski definition) is 5. The molecule has 0 saturated carbocycles. The van der Waals surface area contributed by atoms with Crippen LogP contribution in [0.5, 0.6) is 0 Å². The number of nitrogens with zero attached hydrogens (tertiary/aromatic N) is 3. The van der Waals surface area contributed by atoms with Crippen LogP contribution in [0.4, 0.5) is 4.79 Å². The number of amides is 1. The largest absolute Gasteiger partial charge is 0.444 e. The summed E-state index contributed by atoms with van der Waals surface area (Å²) in [5.74, 6) is 0.385. The fourth-order valence-corrected chi connectivity index (χ4v) is 5.81. The molecule has 200 valence electrons. The van der Waals surface area contributed by atoms with Crippen LogP contribution in [0.15, 0.2) is 49.1 Å². The maximum Gasteiger partial charge on any atom is 0.410 e. The average Bonchev–Trinajstić information content (AvgIpc) is 3.38. The van der Waals surface area contributed by atoms with Crippen molar-refractivity contribution >= 4 is 29.3 Å². The number of nitrogens with one attached hydrogen (secondary N) is 1. The maximum atomic E-state index is 12.7. The summed E-state index contributed by atoms with van der Waals surface area (Å²) in [4.78, 5) is 26.5. The molecule has 2 unspecified atom stereocenters. The fourth-order valence-electron chi connectivity index (χ4n) is 5.63. The van der Waals surface area contributed by atoms with Gasteiger partial charge in [0.25, 0.3) is 0 Å². The first-order valence-corrected chi connectivity index (χ1v) is 13.7. The molecule has 3 heterocycles. The molecule has 1 aromatic carbocycles. The van der Waals surface area contributed by atoms with Gasteiger partial charge in [-0.2, -0.15) is 0 Å². The second kappa shape index (κ2) is 10.9. The maximum absolute atomic E-state index is 12.7. The van der Waals surface area contributed by atoms with E-state index in [2.05, 4.69) is 28.2 Å². The minimum atomic E-state index is -0.631. The first-order chi connectivity index (χ1) is 18.2. The molecule has 8 heteroatoms. The van der Waals surface area contributed by atoms with Crippen LogP contribution in [0.2, 0.25) is 5.02 Å². The van der Waals surface area contributed by atoms with E-state index in [0.29, 0.717) is 42.6 Å². The zero-order valence-corrected chi connectivity index (χ0v) is 22.9. The van der Waals surface area contributed by atoms with E-state index in [-0.39, 0.29) is 12.0 Å². The van der Waals surface area contributed by atoms with E-state index in [4.69, 9.17) is 21.3 Å². The predicted molar refractivity (Wildman–Crippen MR) is 149 cm³/mol. The van der Waals surface area contributed by atoms with Gasteiger partial charge < -0.3 is 19.7 Å². The number of imidazole rings is 1. The summed E-state index contributed by atoms with van der Waals surface area (Å²) < 4.78 is 5.62. The van der Waals surface area contributed by atoms with Gasteiger partial charge in [-0.1, -0.05) is 29.8 Å². The Labute approximate surface area is 228 Å². The Bertz CT molecular complexity index is 1310. The van der Waals surface area contributed by atoms with Crippen molar-refractivity contribution in [3.63, 3.8) is 0 Å². The number of benzene rings is 1. The topological polar surface area (TPSA) is 91.3 Å². The first-order valence-electron chi connectivity index (χ1n) is 13.3. The van der Waals surface area contributed by atoms with Crippen LogP contribution in [0.1, 0.15) is 86.6 Å². The molecule has 0 radical (unpaired) electrons. The van der Waals surface area contributed by atoms with Gasteiger partial charge in [0.1, 0.15) is 5.60 Å². The number of ether oxygens (including phenoxy) is 1. The lowest BCUT2D eigenvalue weighted by atomic mass is 9.76. The highest BCUT2D eigenvalue weighted by molar-refractivity contribution is 6.30. The highest BCUT2D eigenvalue weighted by Crippen LogP contribution is 2.45. The lowest BCUT2D eigenvalue weighted by molar-refractivity contribution is 0.0178. The third kappa shape index (κ3) is 5.79. The van der Waals surface area contributed by atoms with E-state index in [1.807, 2.05) is 50.1 Å². The van der Waals surface area contributed by atoms with Crippen molar-refractivity contribution in [1.82, 2.24) is 19.9 Å². The summed E-state index contributed by atoms with van der Waals surface area (Å²) in [6, 6.07) is 10.2. The van der Waals surface area contributed by atoms with Crippen molar-refractivity contribution in [2.75, 3.05) is 13.1 Å². The smallest absolute Gasteiger partial charge is 0.410 e. The van der Waals surface area contributed by atoms with E-state index < -0.39 is 11.7 Å². The zero-order valence-electron chi connectivity index (χ0n) is 22.2. The van der Waals surface area contributed by atoms with Crippen LogP contribution in [0.3, 0.4) is 0 Å². The van der Waals surface area contributed by atoms with Gasteiger partial charge in [-0.3, -0.25) is 4.98 Å². The molecule has 5 rings (SSSR count). The van der Waals surface area contributed by atoms with Crippen molar-refractivity contribution in [2.45, 2.75) is 64.1 Å². The molecule has 0 bridgehead atoms. The number of allylic oxidation sites excluding steroid dienone is 1. The quantitative estimate of drug-likeness (QED) is 0.384. The van der Waals surface area contributed by atoms with Crippen LogP contribution >= 0.6 is 11.6 Å². The fraction of sp³-hybridized carbons (Fsp3) is 0.433. The number of carbonyl (C=O) groups excluding carboxylic acids is 1. The lowest BCUT2D eigenvalue weighted by Crippen LogP contribution is -2.42. The molecule has 1 aliphatic carbocycles. The molecular weight excluding hydrogens is 500 g/mol. The average molecular weight is 535 g/mol. The summed E-state index contributed by atoms with van der Waals surface area (Å²) in [5, 5.41) is 11.4. The molecule has 0 spiro atoms. The second-order valence-electron chi connectivity index (χ2n) is 11.2. The van der Waals surface area contributed by atoms with E-state index >= 15 is 0 Å². The van der Waals surface area contributed by atoms with E-state index in [1.165, 1.54) is 5.56 Å². The number of rotatable bonds is 5. The Morgan fingerprint density at radius 2 is 2.05 bits per heavy atom.